The van der Waals surface area contributed by atoms with Gasteiger partial charge < -0.3 is 19.8 Å². The van der Waals surface area contributed by atoms with Gasteiger partial charge in [0.25, 0.3) is 0 Å². The normalized spacial score (nSPS) is 18.6. The Balaban J connectivity index is 1.52. The second-order valence-electron chi connectivity index (χ2n) is 8.93. The van der Waals surface area contributed by atoms with Gasteiger partial charge in [-0.1, -0.05) is 35.9 Å². The average Bonchev–Trinajstić information content (AvgIpc) is 2.87. The Bertz CT molecular complexity index is 1410. The molecule has 186 valence electrons. The standard InChI is InChI=1S/C25H25ClN6O3S/c1-36(35)24-28-20-15-30(21-7-3-5-16-4-2-6-19(26)22(16)21)11-9-18(20)23(29-24)31-12-13-32(25(33)34)17(14-31)8-10-27/h2-7,17H,8-9,11-15H2,1H3,(H,33,34)/t17-,36-/m0/s1. The summed E-state index contributed by atoms with van der Waals surface area (Å²) in [6.07, 6.45) is 1.29. The number of nitriles is 1. The van der Waals surface area contributed by atoms with Crippen LogP contribution >= 0.6 is 11.6 Å². The minimum absolute atomic E-state index is 0.0955. The highest BCUT2D eigenvalue weighted by atomic mass is 35.5. The second kappa shape index (κ2) is 9.91. The van der Waals surface area contributed by atoms with Gasteiger partial charge in [0.1, 0.15) is 5.82 Å². The average molecular weight is 525 g/mol. The van der Waals surface area contributed by atoms with Crippen molar-refractivity contribution in [3.8, 4) is 6.07 Å². The highest BCUT2D eigenvalue weighted by Gasteiger charge is 2.34. The Morgan fingerprint density at radius 3 is 2.69 bits per heavy atom. The first-order valence-corrected chi connectivity index (χ1v) is 13.6. The Morgan fingerprint density at radius 1 is 1.19 bits per heavy atom. The molecule has 2 aromatic carbocycles. The van der Waals surface area contributed by atoms with E-state index in [1.165, 1.54) is 4.90 Å². The van der Waals surface area contributed by atoms with Crippen LogP contribution in [-0.2, 0) is 23.8 Å². The predicted molar refractivity (Wildman–Crippen MR) is 139 cm³/mol. The number of halogens is 1. The van der Waals surface area contributed by atoms with Crippen LogP contribution in [0, 0.1) is 11.3 Å². The van der Waals surface area contributed by atoms with Crippen LogP contribution in [0.15, 0.2) is 41.6 Å². The van der Waals surface area contributed by atoms with Gasteiger partial charge in [0.05, 0.1) is 46.6 Å². The molecule has 0 aliphatic carbocycles. The van der Waals surface area contributed by atoms with Crippen molar-refractivity contribution in [3.63, 3.8) is 0 Å². The largest absolute Gasteiger partial charge is 0.465 e. The van der Waals surface area contributed by atoms with Crippen molar-refractivity contribution in [3.05, 3.63) is 52.7 Å². The van der Waals surface area contributed by atoms with E-state index in [0.717, 1.165) is 34.3 Å². The highest BCUT2D eigenvalue weighted by molar-refractivity contribution is 7.84. The Hall–Kier alpha value is -3.42. The lowest BCUT2D eigenvalue weighted by molar-refractivity contribution is 0.119. The van der Waals surface area contributed by atoms with Crippen molar-refractivity contribution in [1.82, 2.24) is 14.9 Å². The van der Waals surface area contributed by atoms with Crippen molar-refractivity contribution >= 4 is 50.8 Å². The Kier molecular flexibility index (Phi) is 6.69. The van der Waals surface area contributed by atoms with Crippen LogP contribution in [-0.4, -0.2) is 68.8 Å². The van der Waals surface area contributed by atoms with Crippen molar-refractivity contribution in [2.24, 2.45) is 0 Å². The van der Waals surface area contributed by atoms with Gasteiger partial charge in [0, 0.05) is 49.1 Å². The number of rotatable bonds is 4. The molecule has 1 fully saturated rings. The van der Waals surface area contributed by atoms with Gasteiger partial charge in [-0.05, 0) is 23.9 Å². The molecule has 0 bridgehead atoms. The van der Waals surface area contributed by atoms with Gasteiger partial charge in [-0.15, -0.1) is 0 Å². The maximum atomic E-state index is 12.5. The van der Waals surface area contributed by atoms with Gasteiger partial charge in [0.2, 0.25) is 5.16 Å². The molecule has 36 heavy (non-hydrogen) atoms. The number of hydrogen-bond acceptors (Lipinski definition) is 7. The third-order valence-electron chi connectivity index (χ3n) is 6.81. The molecule has 5 rings (SSSR count). The van der Waals surface area contributed by atoms with E-state index < -0.39 is 22.9 Å². The Morgan fingerprint density at radius 2 is 1.97 bits per heavy atom. The quantitative estimate of drug-likeness (QED) is 0.514. The fourth-order valence-electron chi connectivity index (χ4n) is 5.10. The molecule has 1 aromatic heterocycles. The molecule has 1 N–H and O–H groups in total. The Labute approximate surface area is 216 Å². The van der Waals surface area contributed by atoms with E-state index in [1.54, 1.807) is 6.26 Å². The summed E-state index contributed by atoms with van der Waals surface area (Å²) in [5.41, 5.74) is 2.80. The SMILES string of the molecule is C[S@](=O)c1nc2c(c(N3CCN(C(=O)O)[C@@H](CC#N)C3)n1)CCN(c1cccc3cccc(Cl)c13)C2. The van der Waals surface area contributed by atoms with E-state index in [-0.39, 0.29) is 18.1 Å². The molecule has 3 heterocycles. The topological polar surface area (TPSA) is 114 Å². The van der Waals surface area contributed by atoms with Crippen LogP contribution in [0.5, 0.6) is 0 Å². The van der Waals surface area contributed by atoms with Crippen LogP contribution in [0.3, 0.4) is 0 Å². The zero-order valence-electron chi connectivity index (χ0n) is 19.7. The minimum atomic E-state index is -1.40. The van der Waals surface area contributed by atoms with Gasteiger partial charge in [-0.2, -0.15) is 5.26 Å². The summed E-state index contributed by atoms with van der Waals surface area (Å²) in [7, 11) is -1.40. The van der Waals surface area contributed by atoms with Crippen LogP contribution in [0.2, 0.25) is 5.02 Å². The predicted octanol–water partition coefficient (Wildman–Crippen LogP) is 3.67. The summed E-state index contributed by atoms with van der Waals surface area (Å²) >= 11 is 6.58. The maximum absolute atomic E-state index is 12.5. The lowest BCUT2D eigenvalue weighted by atomic mass is 10.0. The number of aromatic nitrogens is 2. The minimum Gasteiger partial charge on any atom is -0.465 e. The molecule has 2 aliphatic rings. The van der Waals surface area contributed by atoms with Gasteiger partial charge >= 0.3 is 6.09 Å². The number of anilines is 2. The van der Waals surface area contributed by atoms with Crippen LogP contribution < -0.4 is 9.80 Å². The highest BCUT2D eigenvalue weighted by Crippen LogP contribution is 2.36. The molecule has 2 aliphatic heterocycles. The summed E-state index contributed by atoms with van der Waals surface area (Å²) in [6, 6.07) is 13.6. The zero-order valence-corrected chi connectivity index (χ0v) is 21.3. The van der Waals surface area contributed by atoms with Crippen molar-refractivity contribution in [2.45, 2.75) is 30.6 Å². The summed E-state index contributed by atoms with van der Waals surface area (Å²) in [6.45, 7) is 2.29. The van der Waals surface area contributed by atoms with Crippen molar-refractivity contribution < 1.29 is 14.1 Å². The third-order valence-corrected chi connectivity index (χ3v) is 7.82. The number of nitrogens with zero attached hydrogens (tertiary/aromatic N) is 6. The number of carbonyl (C=O) groups is 1. The van der Waals surface area contributed by atoms with E-state index in [9.17, 15) is 19.4 Å². The van der Waals surface area contributed by atoms with Crippen LogP contribution in [0.25, 0.3) is 10.8 Å². The molecule has 9 nitrogen and oxygen atoms in total. The number of carboxylic acid groups (broad SMARTS) is 1. The van der Waals surface area contributed by atoms with Crippen molar-refractivity contribution in [2.75, 3.05) is 42.2 Å². The fourth-order valence-corrected chi connectivity index (χ4v) is 5.84. The van der Waals surface area contributed by atoms with Crippen LogP contribution in [0.1, 0.15) is 17.7 Å². The molecule has 0 saturated carbocycles. The molecule has 11 heteroatoms. The first kappa shape index (κ1) is 24.3. The first-order valence-electron chi connectivity index (χ1n) is 11.6. The second-order valence-corrected chi connectivity index (χ2v) is 10.6. The number of piperazine rings is 1. The molecule has 3 aromatic rings. The smallest absolute Gasteiger partial charge is 0.407 e. The number of amides is 1. The van der Waals surface area contributed by atoms with E-state index in [0.29, 0.717) is 36.9 Å². The van der Waals surface area contributed by atoms with E-state index >= 15 is 0 Å². The first-order chi connectivity index (χ1) is 17.4. The monoisotopic (exact) mass is 524 g/mol. The van der Waals surface area contributed by atoms with Crippen LogP contribution in [0.4, 0.5) is 16.3 Å². The number of hydrogen-bond donors (Lipinski definition) is 1. The fraction of sp³-hybridized carbons (Fsp3) is 0.360. The summed E-state index contributed by atoms with van der Waals surface area (Å²) in [5.74, 6) is 0.689. The molecule has 2 atom stereocenters. The molecular formula is C25H25ClN6O3S. The molecule has 1 saturated heterocycles. The summed E-state index contributed by atoms with van der Waals surface area (Å²) < 4.78 is 12.5. The molecule has 0 spiro atoms. The lowest BCUT2D eigenvalue weighted by Crippen LogP contribution is -2.55. The summed E-state index contributed by atoms with van der Waals surface area (Å²) in [5, 5.41) is 21.8. The lowest BCUT2D eigenvalue weighted by Gasteiger charge is -2.41. The third kappa shape index (κ3) is 4.45. The zero-order chi connectivity index (χ0) is 25.4. The van der Waals surface area contributed by atoms with E-state index in [4.69, 9.17) is 11.6 Å². The molecular weight excluding hydrogens is 500 g/mol. The van der Waals surface area contributed by atoms with E-state index in [1.807, 2.05) is 35.2 Å². The van der Waals surface area contributed by atoms with Gasteiger partial charge in [-0.3, -0.25) is 4.21 Å². The van der Waals surface area contributed by atoms with Gasteiger partial charge in [0.15, 0.2) is 0 Å². The van der Waals surface area contributed by atoms with Gasteiger partial charge in [-0.25, -0.2) is 14.8 Å². The number of fused-ring (bicyclic) bond motifs is 2. The van der Waals surface area contributed by atoms with Crippen molar-refractivity contribution in [1.29, 1.82) is 5.26 Å². The molecule has 0 radical (unpaired) electrons. The maximum Gasteiger partial charge on any atom is 0.407 e. The molecule has 0 unspecified atom stereocenters. The number of benzene rings is 2. The molecule has 1 amide bonds. The summed E-state index contributed by atoms with van der Waals surface area (Å²) in [4.78, 5) is 26.6. The van der Waals surface area contributed by atoms with E-state index in [2.05, 4.69) is 27.0 Å².